The molecule has 0 saturated heterocycles. The molecule has 0 amide bonds. The van der Waals surface area contributed by atoms with Gasteiger partial charge in [0.05, 0.1) is 20.4 Å². The lowest BCUT2D eigenvalue weighted by Gasteiger charge is -2.07. The first kappa shape index (κ1) is 15.1. The zero-order valence-electron chi connectivity index (χ0n) is 9.90. The molecule has 0 aliphatic heterocycles. The van der Waals surface area contributed by atoms with E-state index in [-0.39, 0.29) is 11.4 Å². The van der Waals surface area contributed by atoms with Crippen LogP contribution in [0.15, 0.2) is 29.0 Å². The number of hydrogen-bond acceptors (Lipinski definition) is 7. The van der Waals surface area contributed by atoms with Crippen molar-refractivity contribution < 1.29 is 14.6 Å². The minimum Gasteiger partial charge on any atom is -0.432 e. The van der Waals surface area contributed by atoms with E-state index in [1.165, 1.54) is 12.1 Å². The normalized spacial score (nSPS) is 10.2. The van der Waals surface area contributed by atoms with Crippen LogP contribution < -0.4 is 4.74 Å². The molecule has 2 aromatic rings. The van der Waals surface area contributed by atoms with Crippen molar-refractivity contribution in [2.75, 3.05) is 0 Å². The standard InChI is InChI=1S/C10H4BrClN4O5/c11-6-2-1-5(15(17)18)3-7(6)21-10-8(16(19)20)9(12)13-4-14-10/h1-4H. The van der Waals surface area contributed by atoms with Crippen molar-refractivity contribution >= 4 is 38.9 Å². The van der Waals surface area contributed by atoms with E-state index in [9.17, 15) is 20.2 Å². The molecule has 0 radical (unpaired) electrons. The van der Waals surface area contributed by atoms with Crippen molar-refractivity contribution in [2.45, 2.75) is 0 Å². The van der Waals surface area contributed by atoms with Gasteiger partial charge in [-0.05, 0) is 22.0 Å². The van der Waals surface area contributed by atoms with Gasteiger partial charge in [-0.2, -0.15) is 4.98 Å². The molecule has 0 aliphatic carbocycles. The molecule has 0 unspecified atom stereocenters. The second-order valence-electron chi connectivity index (χ2n) is 3.55. The highest BCUT2D eigenvalue weighted by atomic mass is 79.9. The number of nitrogens with zero attached hydrogens (tertiary/aromatic N) is 4. The van der Waals surface area contributed by atoms with Gasteiger partial charge in [-0.25, -0.2) is 4.98 Å². The van der Waals surface area contributed by atoms with Crippen LogP contribution in [0.2, 0.25) is 5.15 Å². The van der Waals surface area contributed by atoms with Crippen LogP contribution in [0.25, 0.3) is 0 Å². The molecule has 2 rings (SSSR count). The highest BCUT2D eigenvalue weighted by Crippen LogP contribution is 2.37. The quantitative estimate of drug-likeness (QED) is 0.455. The minimum atomic E-state index is -0.803. The molecule has 0 fully saturated rings. The average Bonchev–Trinajstić information content (AvgIpc) is 2.40. The maximum Gasteiger partial charge on any atom is 0.368 e. The van der Waals surface area contributed by atoms with Gasteiger partial charge in [-0.1, -0.05) is 11.6 Å². The van der Waals surface area contributed by atoms with E-state index >= 15 is 0 Å². The lowest BCUT2D eigenvalue weighted by atomic mass is 10.3. The molecule has 0 bridgehead atoms. The molecule has 1 aromatic carbocycles. The van der Waals surface area contributed by atoms with E-state index in [0.29, 0.717) is 4.47 Å². The number of ether oxygens (including phenoxy) is 1. The van der Waals surface area contributed by atoms with Crippen molar-refractivity contribution in [1.82, 2.24) is 9.97 Å². The number of nitro groups is 2. The molecule has 0 saturated carbocycles. The van der Waals surface area contributed by atoms with Gasteiger partial charge in [-0.15, -0.1) is 0 Å². The Morgan fingerprint density at radius 2 is 1.90 bits per heavy atom. The van der Waals surface area contributed by atoms with Crippen molar-refractivity contribution in [2.24, 2.45) is 0 Å². The van der Waals surface area contributed by atoms with Crippen LogP contribution in [0.1, 0.15) is 0 Å². The zero-order chi connectivity index (χ0) is 15.6. The summed E-state index contributed by atoms with van der Waals surface area (Å²) in [6, 6.07) is 3.73. The summed E-state index contributed by atoms with van der Waals surface area (Å²) in [7, 11) is 0. The summed E-state index contributed by atoms with van der Waals surface area (Å²) >= 11 is 8.74. The Kier molecular flexibility index (Phi) is 4.29. The maximum absolute atomic E-state index is 10.9. The Balaban J connectivity index is 2.48. The van der Waals surface area contributed by atoms with Crippen molar-refractivity contribution in [3.8, 4) is 11.6 Å². The first-order chi connectivity index (χ1) is 9.90. The van der Waals surface area contributed by atoms with Crippen LogP contribution in [0, 0.1) is 20.2 Å². The van der Waals surface area contributed by atoms with Gasteiger partial charge in [0, 0.05) is 6.07 Å². The third-order valence-corrected chi connectivity index (χ3v) is 3.19. The monoisotopic (exact) mass is 374 g/mol. The minimum absolute atomic E-state index is 0.0120. The summed E-state index contributed by atoms with van der Waals surface area (Å²) in [4.78, 5) is 27.3. The lowest BCUT2D eigenvalue weighted by Crippen LogP contribution is -1.99. The summed E-state index contributed by atoms with van der Waals surface area (Å²) in [5.74, 6) is -0.428. The number of non-ortho nitro benzene ring substituents is 1. The Bertz CT molecular complexity index is 741. The molecule has 0 aliphatic rings. The van der Waals surface area contributed by atoms with Crippen LogP contribution in [-0.4, -0.2) is 19.8 Å². The Morgan fingerprint density at radius 3 is 2.52 bits per heavy atom. The summed E-state index contributed by atoms with van der Waals surface area (Å²) in [5, 5.41) is 21.3. The number of nitro benzene ring substituents is 1. The number of rotatable bonds is 4. The van der Waals surface area contributed by atoms with E-state index in [1.54, 1.807) is 0 Å². The molecular formula is C10H4BrClN4O5. The molecule has 0 atom stereocenters. The smallest absolute Gasteiger partial charge is 0.368 e. The van der Waals surface area contributed by atoms with Crippen LogP contribution in [0.5, 0.6) is 11.6 Å². The Hall–Kier alpha value is -2.33. The average molecular weight is 376 g/mol. The van der Waals surface area contributed by atoms with Crippen molar-refractivity contribution in [3.05, 3.63) is 54.4 Å². The zero-order valence-corrected chi connectivity index (χ0v) is 12.2. The highest BCUT2D eigenvalue weighted by molar-refractivity contribution is 9.10. The molecular weight excluding hydrogens is 371 g/mol. The third kappa shape index (κ3) is 3.23. The summed E-state index contributed by atoms with van der Waals surface area (Å²) in [6.07, 6.45) is 0.982. The maximum atomic E-state index is 10.9. The fraction of sp³-hybridized carbons (Fsp3) is 0. The number of aromatic nitrogens is 2. The van der Waals surface area contributed by atoms with E-state index in [2.05, 4.69) is 25.9 Å². The van der Waals surface area contributed by atoms with Crippen LogP contribution in [0.3, 0.4) is 0 Å². The summed E-state index contributed by atoms with van der Waals surface area (Å²) in [5.41, 5.74) is -0.867. The Morgan fingerprint density at radius 1 is 1.19 bits per heavy atom. The molecule has 11 heteroatoms. The van der Waals surface area contributed by atoms with E-state index in [4.69, 9.17) is 16.3 Å². The van der Waals surface area contributed by atoms with Crippen molar-refractivity contribution in [1.29, 1.82) is 0 Å². The van der Waals surface area contributed by atoms with Crippen LogP contribution in [-0.2, 0) is 0 Å². The van der Waals surface area contributed by atoms with E-state index in [1.807, 2.05) is 0 Å². The van der Waals surface area contributed by atoms with E-state index < -0.39 is 26.6 Å². The van der Waals surface area contributed by atoms with Gasteiger partial charge in [0.1, 0.15) is 6.33 Å². The fourth-order valence-corrected chi connectivity index (χ4v) is 1.88. The van der Waals surface area contributed by atoms with Crippen molar-refractivity contribution in [3.63, 3.8) is 0 Å². The predicted octanol–water partition coefficient (Wildman–Crippen LogP) is 3.50. The topological polar surface area (TPSA) is 121 Å². The molecule has 108 valence electrons. The van der Waals surface area contributed by atoms with Gasteiger partial charge < -0.3 is 4.74 Å². The third-order valence-electron chi connectivity index (χ3n) is 2.26. The molecule has 9 nitrogen and oxygen atoms in total. The largest absolute Gasteiger partial charge is 0.432 e. The first-order valence-electron chi connectivity index (χ1n) is 5.17. The molecule has 21 heavy (non-hydrogen) atoms. The van der Waals surface area contributed by atoms with Gasteiger partial charge in [0.15, 0.2) is 5.75 Å². The number of benzene rings is 1. The lowest BCUT2D eigenvalue weighted by molar-refractivity contribution is -0.386. The second kappa shape index (κ2) is 5.97. The fourth-order valence-electron chi connectivity index (χ4n) is 1.36. The predicted molar refractivity (Wildman–Crippen MR) is 74.6 cm³/mol. The first-order valence-corrected chi connectivity index (χ1v) is 6.34. The summed E-state index contributed by atoms with van der Waals surface area (Å²) in [6.45, 7) is 0. The number of halogens is 2. The molecule has 0 N–H and O–H groups in total. The van der Waals surface area contributed by atoms with Gasteiger partial charge >= 0.3 is 11.6 Å². The van der Waals surface area contributed by atoms with Gasteiger partial charge in [-0.3, -0.25) is 20.2 Å². The van der Waals surface area contributed by atoms with Crippen LogP contribution >= 0.6 is 27.5 Å². The van der Waals surface area contributed by atoms with Gasteiger partial charge in [0.25, 0.3) is 5.69 Å². The highest BCUT2D eigenvalue weighted by Gasteiger charge is 2.24. The molecule has 1 heterocycles. The van der Waals surface area contributed by atoms with Crippen LogP contribution in [0.4, 0.5) is 11.4 Å². The second-order valence-corrected chi connectivity index (χ2v) is 4.76. The SMILES string of the molecule is O=[N+]([O-])c1ccc(Br)c(Oc2ncnc(Cl)c2[N+](=O)[O-])c1. The summed E-state index contributed by atoms with van der Waals surface area (Å²) < 4.78 is 5.60. The molecule has 0 spiro atoms. The van der Waals surface area contributed by atoms with E-state index in [0.717, 1.165) is 12.4 Å². The Labute approximate surface area is 130 Å². The molecule has 1 aromatic heterocycles. The van der Waals surface area contributed by atoms with Gasteiger partial charge in [0.2, 0.25) is 5.15 Å². The number of hydrogen-bond donors (Lipinski definition) is 0.